The first-order chi connectivity index (χ1) is 14.6. The van der Waals surface area contributed by atoms with Crippen LogP contribution in [-0.4, -0.2) is 28.8 Å². The van der Waals surface area contributed by atoms with Crippen molar-refractivity contribution in [2.24, 2.45) is 0 Å². The number of rotatable bonds is 5. The molecule has 1 atom stereocenters. The summed E-state index contributed by atoms with van der Waals surface area (Å²) in [6.45, 7) is 0.249. The van der Waals surface area contributed by atoms with Gasteiger partial charge < -0.3 is 14.7 Å². The summed E-state index contributed by atoms with van der Waals surface area (Å²) >= 11 is 0. The normalized spacial score (nSPS) is 17.9. The maximum atomic E-state index is 13.0. The smallest absolute Gasteiger partial charge is 0.295 e. The van der Waals surface area contributed by atoms with Crippen molar-refractivity contribution >= 4 is 17.4 Å². The fraction of sp³-hybridized carbons (Fsp3) is 0.120. The molecule has 1 aliphatic heterocycles. The van der Waals surface area contributed by atoms with E-state index in [1.165, 1.54) is 4.90 Å². The first-order valence-corrected chi connectivity index (χ1v) is 9.62. The van der Waals surface area contributed by atoms with Crippen molar-refractivity contribution in [1.29, 1.82) is 0 Å². The SMILES string of the molecule is COc1cccc(C2C(=C(O)c3ccccc3)C(=O)C(=O)N2Cc2ccccc2)c1. The van der Waals surface area contributed by atoms with E-state index in [0.717, 1.165) is 5.56 Å². The standard InChI is InChI=1S/C25H21NO4/c1-30-20-14-8-13-19(15-20)22-21(23(27)18-11-6-3-7-12-18)24(28)25(29)26(22)16-17-9-4-2-5-10-17/h2-15,22,27H,16H2,1H3. The minimum atomic E-state index is -0.722. The summed E-state index contributed by atoms with van der Waals surface area (Å²) in [5, 5.41) is 11.0. The summed E-state index contributed by atoms with van der Waals surface area (Å²) in [6, 6.07) is 24.8. The van der Waals surface area contributed by atoms with Gasteiger partial charge in [0.15, 0.2) is 0 Å². The van der Waals surface area contributed by atoms with Crippen LogP contribution in [0.25, 0.3) is 5.76 Å². The Morgan fingerprint density at radius 2 is 1.60 bits per heavy atom. The van der Waals surface area contributed by atoms with Gasteiger partial charge in [0, 0.05) is 12.1 Å². The van der Waals surface area contributed by atoms with Gasteiger partial charge in [0.2, 0.25) is 0 Å². The fourth-order valence-corrected chi connectivity index (χ4v) is 3.73. The number of benzene rings is 3. The van der Waals surface area contributed by atoms with Crippen LogP contribution in [0.2, 0.25) is 0 Å². The summed E-state index contributed by atoms with van der Waals surface area (Å²) < 4.78 is 5.34. The molecule has 30 heavy (non-hydrogen) atoms. The van der Waals surface area contributed by atoms with E-state index in [-0.39, 0.29) is 17.9 Å². The number of Topliss-reactive ketones (excluding diaryl/α,β-unsaturated/α-hetero) is 1. The van der Waals surface area contributed by atoms with Crippen LogP contribution in [0.4, 0.5) is 0 Å². The summed E-state index contributed by atoms with van der Waals surface area (Å²) in [5.74, 6) is -0.904. The molecule has 4 rings (SSSR count). The van der Waals surface area contributed by atoms with E-state index >= 15 is 0 Å². The highest BCUT2D eigenvalue weighted by molar-refractivity contribution is 6.46. The molecule has 0 saturated carbocycles. The molecule has 5 nitrogen and oxygen atoms in total. The molecule has 5 heteroatoms. The molecule has 0 aromatic heterocycles. The van der Waals surface area contributed by atoms with Crippen LogP contribution >= 0.6 is 0 Å². The lowest BCUT2D eigenvalue weighted by Crippen LogP contribution is -2.29. The molecule has 0 spiro atoms. The number of aliphatic hydroxyl groups is 1. The molecule has 1 saturated heterocycles. The van der Waals surface area contributed by atoms with E-state index in [9.17, 15) is 14.7 Å². The zero-order chi connectivity index (χ0) is 21.1. The number of carbonyl (C=O) groups is 2. The van der Waals surface area contributed by atoms with E-state index in [4.69, 9.17) is 4.74 Å². The third kappa shape index (κ3) is 3.57. The van der Waals surface area contributed by atoms with Gasteiger partial charge in [-0.05, 0) is 23.3 Å². The Morgan fingerprint density at radius 3 is 2.27 bits per heavy atom. The molecular formula is C25H21NO4. The molecule has 1 amide bonds. The van der Waals surface area contributed by atoms with E-state index in [1.807, 2.05) is 42.5 Å². The van der Waals surface area contributed by atoms with Gasteiger partial charge in [0.25, 0.3) is 11.7 Å². The highest BCUT2D eigenvalue weighted by Gasteiger charge is 2.46. The van der Waals surface area contributed by atoms with Gasteiger partial charge in [-0.3, -0.25) is 9.59 Å². The van der Waals surface area contributed by atoms with Crippen LogP contribution in [-0.2, 0) is 16.1 Å². The Kier molecular flexibility index (Phi) is 5.35. The number of methoxy groups -OCH3 is 1. The van der Waals surface area contributed by atoms with Gasteiger partial charge in [-0.1, -0.05) is 72.8 Å². The van der Waals surface area contributed by atoms with Crippen molar-refractivity contribution in [3.05, 3.63) is 107 Å². The molecule has 0 aliphatic carbocycles. The first-order valence-electron chi connectivity index (χ1n) is 9.62. The summed E-state index contributed by atoms with van der Waals surface area (Å²) in [5.41, 5.74) is 2.16. The predicted octanol–water partition coefficient (Wildman–Crippen LogP) is 4.32. The Morgan fingerprint density at radius 1 is 0.933 bits per heavy atom. The number of aliphatic hydroxyl groups excluding tert-OH is 1. The zero-order valence-electron chi connectivity index (χ0n) is 16.5. The average Bonchev–Trinajstić information content (AvgIpc) is 3.05. The quantitative estimate of drug-likeness (QED) is 0.394. The highest BCUT2D eigenvalue weighted by Crippen LogP contribution is 2.41. The largest absolute Gasteiger partial charge is 0.507 e. The lowest BCUT2D eigenvalue weighted by Gasteiger charge is -2.25. The Bertz CT molecular complexity index is 1110. The highest BCUT2D eigenvalue weighted by atomic mass is 16.5. The molecule has 1 heterocycles. The lowest BCUT2D eigenvalue weighted by atomic mass is 9.95. The molecule has 1 unspecified atom stereocenters. The third-order valence-corrected chi connectivity index (χ3v) is 5.19. The summed E-state index contributed by atoms with van der Waals surface area (Å²) in [6.07, 6.45) is 0. The van der Waals surface area contributed by atoms with Crippen LogP contribution in [0.5, 0.6) is 5.75 Å². The molecule has 1 fully saturated rings. The molecule has 0 bridgehead atoms. The summed E-state index contributed by atoms with van der Waals surface area (Å²) in [7, 11) is 1.56. The van der Waals surface area contributed by atoms with Crippen molar-refractivity contribution in [3.63, 3.8) is 0 Å². The van der Waals surface area contributed by atoms with E-state index < -0.39 is 17.7 Å². The van der Waals surface area contributed by atoms with Crippen molar-refractivity contribution in [2.75, 3.05) is 7.11 Å². The van der Waals surface area contributed by atoms with Gasteiger partial charge >= 0.3 is 0 Å². The lowest BCUT2D eigenvalue weighted by molar-refractivity contribution is -0.140. The summed E-state index contributed by atoms with van der Waals surface area (Å²) in [4.78, 5) is 27.5. The van der Waals surface area contributed by atoms with Crippen molar-refractivity contribution in [2.45, 2.75) is 12.6 Å². The molecule has 3 aromatic carbocycles. The Labute approximate surface area is 174 Å². The van der Waals surface area contributed by atoms with Crippen LogP contribution in [0, 0.1) is 0 Å². The van der Waals surface area contributed by atoms with Crippen molar-refractivity contribution in [3.8, 4) is 5.75 Å². The fourth-order valence-electron chi connectivity index (χ4n) is 3.73. The minimum Gasteiger partial charge on any atom is -0.507 e. The van der Waals surface area contributed by atoms with Gasteiger partial charge in [-0.25, -0.2) is 0 Å². The maximum absolute atomic E-state index is 13.0. The maximum Gasteiger partial charge on any atom is 0.295 e. The van der Waals surface area contributed by atoms with Gasteiger partial charge in [-0.15, -0.1) is 0 Å². The Hall–Kier alpha value is -3.86. The molecule has 3 aromatic rings. The zero-order valence-corrected chi connectivity index (χ0v) is 16.5. The minimum absolute atomic E-state index is 0.0791. The predicted molar refractivity (Wildman–Crippen MR) is 114 cm³/mol. The van der Waals surface area contributed by atoms with Crippen LogP contribution in [0.3, 0.4) is 0 Å². The first kappa shape index (κ1) is 19.5. The van der Waals surface area contributed by atoms with Crippen molar-refractivity contribution in [1.82, 2.24) is 4.90 Å². The van der Waals surface area contributed by atoms with E-state index in [2.05, 4.69) is 0 Å². The monoisotopic (exact) mass is 399 g/mol. The molecule has 150 valence electrons. The number of nitrogens with zero attached hydrogens (tertiary/aromatic N) is 1. The number of amides is 1. The van der Waals surface area contributed by atoms with E-state index in [0.29, 0.717) is 16.9 Å². The number of hydrogen-bond acceptors (Lipinski definition) is 4. The number of carbonyl (C=O) groups excluding carboxylic acids is 2. The molecule has 0 radical (unpaired) electrons. The number of hydrogen-bond donors (Lipinski definition) is 1. The van der Waals surface area contributed by atoms with Gasteiger partial charge in [0.05, 0.1) is 18.7 Å². The topological polar surface area (TPSA) is 66.8 Å². The van der Waals surface area contributed by atoms with Gasteiger partial charge in [0.1, 0.15) is 11.5 Å². The van der Waals surface area contributed by atoms with Crippen LogP contribution in [0.15, 0.2) is 90.5 Å². The second-order valence-corrected chi connectivity index (χ2v) is 7.06. The second-order valence-electron chi connectivity index (χ2n) is 7.06. The van der Waals surface area contributed by atoms with Crippen LogP contribution < -0.4 is 4.74 Å². The molecular weight excluding hydrogens is 378 g/mol. The van der Waals surface area contributed by atoms with Crippen LogP contribution in [0.1, 0.15) is 22.7 Å². The molecule has 1 N–H and O–H groups in total. The molecule has 1 aliphatic rings. The number of ketones is 1. The Balaban J connectivity index is 1.87. The number of likely N-dealkylation sites (tertiary alicyclic amines) is 1. The average molecular weight is 399 g/mol. The second kappa shape index (κ2) is 8.25. The van der Waals surface area contributed by atoms with Crippen molar-refractivity contribution < 1.29 is 19.4 Å². The van der Waals surface area contributed by atoms with E-state index in [1.54, 1.807) is 49.6 Å². The number of ether oxygens (including phenoxy) is 1. The third-order valence-electron chi connectivity index (χ3n) is 5.19. The van der Waals surface area contributed by atoms with Gasteiger partial charge in [-0.2, -0.15) is 0 Å².